The molecule has 18 heavy (non-hydrogen) atoms. The first-order valence-electron chi connectivity index (χ1n) is 6.88. The largest absolute Gasteiger partial charge is 0.356 e. The number of pyridine rings is 1. The zero-order valence-corrected chi connectivity index (χ0v) is 11.0. The van der Waals surface area contributed by atoms with Crippen molar-refractivity contribution in [1.82, 2.24) is 4.98 Å². The molecule has 1 aliphatic carbocycles. The van der Waals surface area contributed by atoms with E-state index in [1.807, 2.05) is 12.3 Å². The molecular weight excluding hydrogens is 220 g/mol. The average Bonchev–Trinajstić information content (AvgIpc) is 2.94. The maximum absolute atomic E-state index is 4.52. The third kappa shape index (κ3) is 2.20. The van der Waals surface area contributed by atoms with Crippen LogP contribution in [-0.4, -0.2) is 18.1 Å². The fraction of sp³-hybridized carbons (Fsp3) is 0.438. The van der Waals surface area contributed by atoms with E-state index in [9.17, 15) is 0 Å². The summed E-state index contributed by atoms with van der Waals surface area (Å²) in [6.07, 6.45) is 12.5. The van der Waals surface area contributed by atoms with Crippen LogP contribution in [0.1, 0.15) is 24.8 Å². The van der Waals surface area contributed by atoms with Gasteiger partial charge in [-0.15, -0.1) is 0 Å². The molecule has 2 heteroatoms. The first kappa shape index (κ1) is 11.5. The van der Waals surface area contributed by atoms with Crippen LogP contribution in [0.4, 0.5) is 5.82 Å². The molecule has 1 fully saturated rings. The molecule has 0 aromatic carbocycles. The minimum Gasteiger partial charge on any atom is -0.356 e. The summed E-state index contributed by atoms with van der Waals surface area (Å²) < 4.78 is 0. The maximum atomic E-state index is 4.52. The SMILES string of the molecule is Cc1cccnc1N1CCC(C2=CCC=C2)CC1. The molecule has 1 aromatic heterocycles. The van der Waals surface area contributed by atoms with Crippen molar-refractivity contribution in [1.29, 1.82) is 0 Å². The fourth-order valence-electron chi connectivity index (χ4n) is 3.01. The highest BCUT2D eigenvalue weighted by Gasteiger charge is 2.23. The molecule has 0 saturated carbocycles. The Morgan fingerprint density at radius 3 is 2.78 bits per heavy atom. The van der Waals surface area contributed by atoms with Gasteiger partial charge in [-0.3, -0.25) is 0 Å². The third-order valence-electron chi connectivity index (χ3n) is 4.05. The smallest absolute Gasteiger partial charge is 0.131 e. The summed E-state index contributed by atoms with van der Waals surface area (Å²) >= 11 is 0. The maximum Gasteiger partial charge on any atom is 0.131 e. The summed E-state index contributed by atoms with van der Waals surface area (Å²) in [5.41, 5.74) is 2.85. The molecular formula is C16H20N2. The fourth-order valence-corrected chi connectivity index (χ4v) is 3.01. The van der Waals surface area contributed by atoms with E-state index >= 15 is 0 Å². The van der Waals surface area contributed by atoms with E-state index in [0.717, 1.165) is 25.4 Å². The van der Waals surface area contributed by atoms with Crippen LogP contribution in [0.5, 0.6) is 0 Å². The normalized spacial score (nSPS) is 20.3. The van der Waals surface area contributed by atoms with Crippen LogP contribution in [0.3, 0.4) is 0 Å². The summed E-state index contributed by atoms with van der Waals surface area (Å²) in [4.78, 5) is 6.96. The van der Waals surface area contributed by atoms with Crippen molar-refractivity contribution in [2.75, 3.05) is 18.0 Å². The summed E-state index contributed by atoms with van der Waals surface area (Å²) in [5, 5.41) is 0. The highest BCUT2D eigenvalue weighted by atomic mass is 15.2. The van der Waals surface area contributed by atoms with Gasteiger partial charge in [0.05, 0.1) is 0 Å². The zero-order valence-electron chi connectivity index (χ0n) is 11.0. The number of aryl methyl sites for hydroxylation is 1. The van der Waals surface area contributed by atoms with E-state index < -0.39 is 0 Å². The molecule has 1 saturated heterocycles. The molecule has 0 bridgehead atoms. The van der Waals surface area contributed by atoms with Crippen LogP contribution in [0, 0.1) is 12.8 Å². The predicted octanol–water partition coefficient (Wildman–Crippen LogP) is 3.49. The Morgan fingerprint density at radius 2 is 2.11 bits per heavy atom. The third-order valence-corrected chi connectivity index (χ3v) is 4.05. The van der Waals surface area contributed by atoms with Crippen LogP contribution in [-0.2, 0) is 0 Å². The Bertz CT molecular complexity index is 480. The molecule has 1 aliphatic heterocycles. The Kier molecular flexibility index (Phi) is 3.18. The van der Waals surface area contributed by atoms with E-state index in [2.05, 4.69) is 41.1 Å². The second kappa shape index (κ2) is 4.97. The van der Waals surface area contributed by atoms with Crippen molar-refractivity contribution in [3.63, 3.8) is 0 Å². The van der Waals surface area contributed by atoms with Crippen molar-refractivity contribution >= 4 is 5.82 Å². The molecule has 0 spiro atoms. The molecule has 2 aliphatic rings. The van der Waals surface area contributed by atoms with Gasteiger partial charge < -0.3 is 4.90 Å². The second-order valence-corrected chi connectivity index (χ2v) is 5.25. The minimum absolute atomic E-state index is 0.768. The van der Waals surface area contributed by atoms with E-state index in [4.69, 9.17) is 0 Å². The molecule has 0 amide bonds. The van der Waals surface area contributed by atoms with Gasteiger partial charge in [0.25, 0.3) is 0 Å². The van der Waals surface area contributed by atoms with E-state index in [-0.39, 0.29) is 0 Å². The number of hydrogen-bond donors (Lipinski definition) is 0. The van der Waals surface area contributed by atoms with Gasteiger partial charge in [-0.2, -0.15) is 0 Å². The van der Waals surface area contributed by atoms with E-state index in [1.165, 1.54) is 24.2 Å². The Balaban J connectivity index is 1.67. The van der Waals surface area contributed by atoms with Gasteiger partial charge >= 0.3 is 0 Å². The van der Waals surface area contributed by atoms with E-state index in [0.29, 0.717) is 0 Å². The lowest BCUT2D eigenvalue weighted by Gasteiger charge is -2.33. The monoisotopic (exact) mass is 240 g/mol. The number of hydrogen-bond acceptors (Lipinski definition) is 2. The number of allylic oxidation sites excluding steroid dienone is 4. The lowest BCUT2D eigenvalue weighted by molar-refractivity contribution is 0.463. The van der Waals surface area contributed by atoms with E-state index in [1.54, 1.807) is 5.57 Å². The number of rotatable bonds is 2. The molecule has 2 nitrogen and oxygen atoms in total. The molecule has 1 aromatic rings. The highest BCUT2D eigenvalue weighted by molar-refractivity contribution is 5.46. The lowest BCUT2D eigenvalue weighted by Crippen LogP contribution is -2.35. The van der Waals surface area contributed by atoms with Gasteiger partial charge in [0.2, 0.25) is 0 Å². The topological polar surface area (TPSA) is 16.1 Å². The van der Waals surface area contributed by atoms with Crippen LogP contribution >= 0.6 is 0 Å². The number of anilines is 1. The van der Waals surface area contributed by atoms with Crippen LogP contribution in [0.15, 0.2) is 42.1 Å². The van der Waals surface area contributed by atoms with Gasteiger partial charge in [0, 0.05) is 19.3 Å². The summed E-state index contributed by atoms with van der Waals surface area (Å²) in [6.45, 7) is 4.41. The van der Waals surface area contributed by atoms with Crippen LogP contribution in [0.2, 0.25) is 0 Å². The average molecular weight is 240 g/mol. The summed E-state index contributed by atoms with van der Waals surface area (Å²) in [5.74, 6) is 1.94. The second-order valence-electron chi connectivity index (χ2n) is 5.25. The molecule has 0 N–H and O–H groups in total. The molecule has 3 rings (SSSR count). The zero-order chi connectivity index (χ0) is 12.4. The Morgan fingerprint density at radius 1 is 1.28 bits per heavy atom. The van der Waals surface area contributed by atoms with Crippen molar-refractivity contribution in [2.24, 2.45) is 5.92 Å². The number of aromatic nitrogens is 1. The van der Waals surface area contributed by atoms with Crippen molar-refractivity contribution in [3.8, 4) is 0 Å². The first-order chi connectivity index (χ1) is 8.84. The van der Waals surface area contributed by atoms with Gasteiger partial charge in [-0.25, -0.2) is 4.98 Å². The van der Waals surface area contributed by atoms with Crippen LogP contribution < -0.4 is 4.90 Å². The molecule has 0 atom stereocenters. The van der Waals surface area contributed by atoms with Gasteiger partial charge in [0.15, 0.2) is 0 Å². The number of piperidine rings is 1. The van der Waals surface area contributed by atoms with Gasteiger partial charge in [-0.1, -0.05) is 24.3 Å². The standard InChI is InChI=1S/C16H20N2/c1-13-5-4-10-17-16(13)18-11-8-15(9-12-18)14-6-2-3-7-14/h2,4-7,10,15H,3,8-9,11-12H2,1H3. The lowest BCUT2D eigenvalue weighted by atomic mass is 9.89. The van der Waals surface area contributed by atoms with Crippen molar-refractivity contribution in [3.05, 3.63) is 47.7 Å². The molecule has 0 radical (unpaired) electrons. The van der Waals surface area contributed by atoms with Crippen molar-refractivity contribution < 1.29 is 0 Å². The molecule has 94 valence electrons. The van der Waals surface area contributed by atoms with Crippen LogP contribution in [0.25, 0.3) is 0 Å². The van der Waals surface area contributed by atoms with Gasteiger partial charge in [-0.05, 0) is 49.3 Å². The highest BCUT2D eigenvalue weighted by Crippen LogP contribution is 2.30. The Labute approximate surface area is 109 Å². The molecule has 2 heterocycles. The predicted molar refractivity (Wildman–Crippen MR) is 75.8 cm³/mol. The molecule has 0 unspecified atom stereocenters. The summed E-state index contributed by atoms with van der Waals surface area (Å²) in [6, 6.07) is 4.16. The van der Waals surface area contributed by atoms with Gasteiger partial charge in [0.1, 0.15) is 5.82 Å². The number of nitrogens with zero attached hydrogens (tertiary/aromatic N) is 2. The first-order valence-corrected chi connectivity index (χ1v) is 6.88. The quantitative estimate of drug-likeness (QED) is 0.786. The van der Waals surface area contributed by atoms with Crippen molar-refractivity contribution in [2.45, 2.75) is 26.2 Å². The Hall–Kier alpha value is -1.57. The minimum atomic E-state index is 0.768. The summed E-state index contributed by atoms with van der Waals surface area (Å²) in [7, 11) is 0.